The van der Waals surface area contributed by atoms with E-state index in [0.717, 1.165) is 63.6 Å². The Kier molecular flexibility index (Phi) is 17.3. The fourth-order valence-electron chi connectivity index (χ4n) is 5.93. The fraction of sp³-hybridized carbons (Fsp3) is 0.429. The average Bonchev–Trinajstić information content (AvgIpc) is 3.14. The molecule has 0 saturated heterocycles. The van der Waals surface area contributed by atoms with Crippen LogP contribution in [0.25, 0.3) is 0 Å². The molecule has 48 heavy (non-hydrogen) atoms. The first-order valence-corrected chi connectivity index (χ1v) is 18.1. The predicted octanol–water partition coefficient (Wildman–Crippen LogP) is 9.01. The molecule has 0 aliphatic rings. The molecule has 0 bridgehead atoms. The number of methoxy groups -OCH3 is 2. The molecule has 0 heterocycles. The van der Waals surface area contributed by atoms with Crippen LogP contribution in [0.4, 0.5) is 11.4 Å². The highest BCUT2D eigenvalue weighted by atomic mass is 16.5. The molecule has 258 valence electrons. The summed E-state index contributed by atoms with van der Waals surface area (Å²) in [6, 6.07) is 34.4. The maximum absolute atomic E-state index is 5.43. The second-order valence-corrected chi connectivity index (χ2v) is 12.6. The van der Waals surface area contributed by atoms with Gasteiger partial charge in [-0.2, -0.15) is 0 Å². The summed E-state index contributed by atoms with van der Waals surface area (Å²) < 4.78 is 10.9. The van der Waals surface area contributed by atoms with Crippen molar-refractivity contribution in [3.63, 3.8) is 0 Å². The molecule has 0 spiro atoms. The molecule has 4 aromatic rings. The van der Waals surface area contributed by atoms with Crippen LogP contribution in [0.5, 0.6) is 11.5 Å². The predicted molar refractivity (Wildman–Crippen MR) is 204 cm³/mol. The van der Waals surface area contributed by atoms with Gasteiger partial charge in [0.1, 0.15) is 11.5 Å². The van der Waals surface area contributed by atoms with Gasteiger partial charge in [0.05, 0.1) is 14.2 Å². The summed E-state index contributed by atoms with van der Waals surface area (Å²) in [7, 11) is 3.47. The zero-order valence-electron chi connectivity index (χ0n) is 29.4. The van der Waals surface area contributed by atoms with E-state index in [2.05, 4.69) is 94.1 Å². The van der Waals surface area contributed by atoms with Crippen LogP contribution < -0.4 is 30.7 Å². The largest absolute Gasteiger partial charge is 0.496 e. The van der Waals surface area contributed by atoms with E-state index in [1.54, 1.807) is 14.2 Å². The van der Waals surface area contributed by atoms with Gasteiger partial charge in [-0.25, -0.2) is 0 Å². The third kappa shape index (κ3) is 14.0. The van der Waals surface area contributed by atoms with Crippen molar-refractivity contribution >= 4 is 11.4 Å². The minimum atomic E-state index is 0.860. The number of unbranched alkanes of at least 4 members (excludes halogenated alkanes) is 6. The molecule has 0 fully saturated rings. The molecule has 0 atom stereocenters. The summed E-state index contributed by atoms with van der Waals surface area (Å²) in [6.07, 6.45) is 11.9. The molecule has 0 aliphatic heterocycles. The Morgan fingerprint density at radius 2 is 0.792 bits per heavy atom. The van der Waals surface area contributed by atoms with Gasteiger partial charge in [0.25, 0.3) is 0 Å². The van der Waals surface area contributed by atoms with Crippen LogP contribution in [0.2, 0.25) is 0 Å². The summed E-state index contributed by atoms with van der Waals surface area (Å²) in [5.74, 6) is 1.92. The van der Waals surface area contributed by atoms with Crippen molar-refractivity contribution in [1.82, 2.24) is 10.6 Å². The van der Waals surface area contributed by atoms with Crippen molar-refractivity contribution in [3.05, 3.63) is 119 Å². The first-order valence-electron chi connectivity index (χ1n) is 18.1. The number of rotatable bonds is 25. The van der Waals surface area contributed by atoms with E-state index in [1.807, 2.05) is 24.3 Å². The van der Waals surface area contributed by atoms with Crippen LogP contribution in [-0.4, -0.2) is 40.4 Å². The van der Waals surface area contributed by atoms with Crippen LogP contribution in [0.1, 0.15) is 73.6 Å². The molecule has 4 aromatic carbocycles. The number of aryl methyl sites for hydroxylation is 2. The van der Waals surface area contributed by atoms with Gasteiger partial charge in [-0.15, -0.1) is 0 Å². The third-order valence-electron chi connectivity index (χ3n) is 8.85. The highest BCUT2D eigenvalue weighted by Gasteiger charge is 2.03. The first-order chi connectivity index (χ1) is 23.7. The Balaban J connectivity index is 0.971. The smallest absolute Gasteiger partial charge is 0.123 e. The van der Waals surface area contributed by atoms with Gasteiger partial charge in [-0.1, -0.05) is 86.3 Å². The van der Waals surface area contributed by atoms with Crippen molar-refractivity contribution in [1.29, 1.82) is 0 Å². The van der Waals surface area contributed by atoms with Gasteiger partial charge in [0.15, 0.2) is 0 Å². The Bertz CT molecular complexity index is 1300. The average molecular weight is 651 g/mol. The van der Waals surface area contributed by atoms with E-state index in [0.29, 0.717) is 0 Å². The highest BCUT2D eigenvalue weighted by Crippen LogP contribution is 2.18. The number of para-hydroxylation sites is 2. The van der Waals surface area contributed by atoms with Gasteiger partial charge in [0.2, 0.25) is 0 Å². The number of hydrogen-bond acceptors (Lipinski definition) is 6. The van der Waals surface area contributed by atoms with Crippen molar-refractivity contribution in [3.8, 4) is 11.5 Å². The lowest BCUT2D eigenvalue weighted by Crippen LogP contribution is -2.15. The van der Waals surface area contributed by atoms with E-state index in [1.165, 1.54) is 85.0 Å². The molecule has 4 rings (SSSR count). The van der Waals surface area contributed by atoms with E-state index >= 15 is 0 Å². The summed E-state index contributed by atoms with van der Waals surface area (Å²) in [5, 5.41) is 14.3. The van der Waals surface area contributed by atoms with Crippen molar-refractivity contribution in [2.45, 2.75) is 77.3 Å². The minimum Gasteiger partial charge on any atom is -0.496 e. The summed E-state index contributed by atoms with van der Waals surface area (Å²) >= 11 is 0. The first kappa shape index (κ1) is 36.8. The zero-order chi connectivity index (χ0) is 33.5. The van der Waals surface area contributed by atoms with Gasteiger partial charge < -0.3 is 30.7 Å². The quantitative estimate of drug-likeness (QED) is 0.0537. The summed E-state index contributed by atoms with van der Waals surface area (Å²) in [4.78, 5) is 0. The lowest BCUT2D eigenvalue weighted by Gasteiger charge is -2.10. The molecule has 4 N–H and O–H groups in total. The Morgan fingerprint density at radius 3 is 1.19 bits per heavy atom. The van der Waals surface area contributed by atoms with Crippen LogP contribution in [0, 0.1) is 0 Å². The van der Waals surface area contributed by atoms with Crippen molar-refractivity contribution in [2.24, 2.45) is 0 Å². The second-order valence-electron chi connectivity index (χ2n) is 12.6. The molecular weight excluding hydrogens is 592 g/mol. The zero-order valence-corrected chi connectivity index (χ0v) is 29.4. The second kappa shape index (κ2) is 22.5. The van der Waals surface area contributed by atoms with Crippen molar-refractivity contribution in [2.75, 3.05) is 51.0 Å². The van der Waals surface area contributed by atoms with E-state index < -0.39 is 0 Å². The molecule has 0 aromatic heterocycles. The van der Waals surface area contributed by atoms with E-state index in [-0.39, 0.29) is 0 Å². The van der Waals surface area contributed by atoms with Crippen LogP contribution in [-0.2, 0) is 25.9 Å². The molecule has 6 heteroatoms. The monoisotopic (exact) mass is 650 g/mol. The number of anilines is 2. The lowest BCUT2D eigenvalue weighted by molar-refractivity contribution is 0.407. The van der Waals surface area contributed by atoms with Crippen molar-refractivity contribution < 1.29 is 9.47 Å². The molecule has 0 radical (unpaired) electrons. The molecule has 0 saturated carbocycles. The summed E-state index contributed by atoms with van der Waals surface area (Å²) in [5.41, 5.74) is 7.64. The lowest BCUT2D eigenvalue weighted by atomic mass is 10.0. The molecule has 0 unspecified atom stereocenters. The Labute approximate surface area is 290 Å². The molecule has 6 nitrogen and oxygen atoms in total. The number of ether oxygens (including phenoxy) is 2. The van der Waals surface area contributed by atoms with Gasteiger partial charge in [-0.05, 0) is 99.1 Å². The van der Waals surface area contributed by atoms with Crippen LogP contribution >= 0.6 is 0 Å². The fourth-order valence-corrected chi connectivity index (χ4v) is 5.93. The van der Waals surface area contributed by atoms with Gasteiger partial charge in [0, 0.05) is 48.7 Å². The SMILES string of the molecule is COc1ccccc1CNCCCCCCNc1ccc(CCc2ccc(NCCCCCCNCc3ccccc3OC)cc2)cc1. The number of benzene rings is 4. The third-order valence-corrected chi connectivity index (χ3v) is 8.85. The van der Waals surface area contributed by atoms with Crippen LogP contribution in [0.3, 0.4) is 0 Å². The van der Waals surface area contributed by atoms with E-state index in [9.17, 15) is 0 Å². The number of hydrogen-bond donors (Lipinski definition) is 4. The van der Waals surface area contributed by atoms with E-state index in [4.69, 9.17) is 9.47 Å². The topological polar surface area (TPSA) is 66.6 Å². The maximum atomic E-state index is 5.43. The molecule has 0 aliphatic carbocycles. The normalized spacial score (nSPS) is 11.0. The van der Waals surface area contributed by atoms with Gasteiger partial charge in [-0.3, -0.25) is 0 Å². The maximum Gasteiger partial charge on any atom is 0.123 e. The molecular formula is C42H58N4O2. The van der Waals surface area contributed by atoms with Crippen LogP contribution in [0.15, 0.2) is 97.1 Å². The number of nitrogens with one attached hydrogen (secondary N) is 4. The minimum absolute atomic E-state index is 0.860. The standard InChI is InChI=1S/C42H58N4O2/c1-47-41-17-9-7-15-37(41)33-43-29-11-3-5-13-31-45-39-25-21-35(22-26-39)19-20-36-23-27-40(28-24-36)46-32-14-6-4-12-30-44-34-38-16-8-10-18-42(38)48-2/h7-10,15-18,21-28,43-46H,3-6,11-14,19-20,29-34H2,1-2H3. The summed E-state index contributed by atoms with van der Waals surface area (Å²) in [6.45, 7) is 5.85. The Morgan fingerprint density at radius 1 is 0.417 bits per heavy atom. The molecule has 0 amide bonds. The van der Waals surface area contributed by atoms with Gasteiger partial charge >= 0.3 is 0 Å². The Hall–Kier alpha value is -4.00. The highest BCUT2D eigenvalue weighted by molar-refractivity contribution is 5.46.